The molecule has 1 amide bonds. The van der Waals surface area contributed by atoms with E-state index < -0.39 is 15.9 Å². The maximum Gasteiger partial charge on any atom is 0.264 e. The smallest absolute Gasteiger partial charge is 0.264 e. The fraction of sp³-hybridized carbons (Fsp3) is 0.208. The maximum absolute atomic E-state index is 13.4. The van der Waals surface area contributed by atoms with Crippen LogP contribution in [0.1, 0.15) is 18.5 Å². The van der Waals surface area contributed by atoms with Gasteiger partial charge in [0.05, 0.1) is 30.8 Å². The molecule has 0 saturated heterocycles. The van der Waals surface area contributed by atoms with Crippen molar-refractivity contribution in [3.63, 3.8) is 0 Å². The van der Waals surface area contributed by atoms with E-state index in [1.165, 1.54) is 19.2 Å². The summed E-state index contributed by atoms with van der Waals surface area (Å²) >= 11 is 0. The van der Waals surface area contributed by atoms with E-state index in [1.54, 1.807) is 49.6 Å². The lowest BCUT2D eigenvalue weighted by atomic mass is 10.1. The first-order valence-electron chi connectivity index (χ1n) is 10.0. The van der Waals surface area contributed by atoms with E-state index >= 15 is 0 Å². The molecule has 0 fully saturated rings. The van der Waals surface area contributed by atoms with Gasteiger partial charge in [-0.05, 0) is 49.4 Å². The number of rotatable bonds is 9. The van der Waals surface area contributed by atoms with Gasteiger partial charge in [-0.15, -0.1) is 0 Å². The van der Waals surface area contributed by atoms with Crippen molar-refractivity contribution in [1.29, 1.82) is 0 Å². The lowest BCUT2D eigenvalue weighted by molar-refractivity contribution is -0.120. The minimum atomic E-state index is -3.98. The molecule has 168 valence electrons. The number of hydrogen-bond acceptors (Lipinski definition) is 5. The molecule has 1 N–H and O–H groups in total. The molecule has 0 bridgehead atoms. The van der Waals surface area contributed by atoms with Crippen molar-refractivity contribution < 1.29 is 22.7 Å². The molecule has 8 heteroatoms. The molecule has 3 rings (SSSR count). The number of benzene rings is 3. The summed E-state index contributed by atoms with van der Waals surface area (Å²) in [6, 6.07) is 21.5. The Morgan fingerprint density at radius 2 is 1.53 bits per heavy atom. The second kappa shape index (κ2) is 10.2. The van der Waals surface area contributed by atoms with Crippen molar-refractivity contribution in [3.8, 4) is 11.5 Å². The zero-order valence-electron chi connectivity index (χ0n) is 18.2. The van der Waals surface area contributed by atoms with Gasteiger partial charge >= 0.3 is 0 Å². The molecular weight excluding hydrogens is 428 g/mol. The Morgan fingerprint density at radius 3 is 2.16 bits per heavy atom. The molecule has 0 heterocycles. The first-order valence-corrected chi connectivity index (χ1v) is 11.4. The molecule has 0 radical (unpaired) electrons. The highest BCUT2D eigenvalue weighted by Gasteiger charge is 2.28. The number of carbonyl (C=O) groups excluding carboxylic acids is 1. The van der Waals surface area contributed by atoms with Crippen LogP contribution in [0.2, 0.25) is 0 Å². The van der Waals surface area contributed by atoms with E-state index in [4.69, 9.17) is 9.47 Å². The summed E-state index contributed by atoms with van der Waals surface area (Å²) in [4.78, 5) is 13.0. The zero-order valence-corrected chi connectivity index (χ0v) is 19.0. The monoisotopic (exact) mass is 454 g/mol. The summed E-state index contributed by atoms with van der Waals surface area (Å²) in [5.74, 6) is 0.781. The Bertz CT molecular complexity index is 1150. The van der Waals surface area contributed by atoms with E-state index in [2.05, 4.69) is 5.32 Å². The van der Waals surface area contributed by atoms with Crippen molar-refractivity contribution in [3.05, 3.63) is 84.4 Å². The van der Waals surface area contributed by atoms with Gasteiger partial charge in [-0.3, -0.25) is 9.10 Å². The molecule has 3 aromatic carbocycles. The summed E-state index contributed by atoms with van der Waals surface area (Å²) in [6.45, 7) is 1.43. The van der Waals surface area contributed by atoms with Crippen LogP contribution in [-0.4, -0.2) is 35.1 Å². The van der Waals surface area contributed by atoms with Crippen LogP contribution in [0, 0.1) is 0 Å². The number of methoxy groups -OCH3 is 2. The van der Waals surface area contributed by atoms with Crippen LogP contribution in [0.3, 0.4) is 0 Å². The van der Waals surface area contributed by atoms with Crippen LogP contribution in [0.15, 0.2) is 83.8 Å². The van der Waals surface area contributed by atoms with Crippen LogP contribution in [-0.2, 0) is 14.8 Å². The predicted molar refractivity (Wildman–Crippen MR) is 124 cm³/mol. The Kier molecular flexibility index (Phi) is 7.37. The normalized spacial score (nSPS) is 12.0. The van der Waals surface area contributed by atoms with Crippen molar-refractivity contribution in [2.45, 2.75) is 17.9 Å². The first-order chi connectivity index (χ1) is 15.4. The third kappa shape index (κ3) is 5.20. The van der Waals surface area contributed by atoms with E-state index in [0.29, 0.717) is 17.2 Å². The van der Waals surface area contributed by atoms with Crippen molar-refractivity contribution in [1.82, 2.24) is 5.32 Å². The summed E-state index contributed by atoms with van der Waals surface area (Å²) in [5.41, 5.74) is 1.15. The largest absolute Gasteiger partial charge is 0.497 e. The molecule has 0 spiro atoms. The standard InChI is InChI=1S/C24H26N2O5S/c1-18(22-11-7-8-12-23(22)31-3)25-24(27)17-26(19-13-15-20(30-2)16-14-19)32(28,29)21-9-5-4-6-10-21/h4-16,18H,17H2,1-3H3,(H,25,27)/t18-/m1/s1. The van der Waals surface area contributed by atoms with E-state index in [9.17, 15) is 13.2 Å². The summed E-state index contributed by atoms with van der Waals surface area (Å²) in [5, 5.41) is 2.87. The van der Waals surface area contributed by atoms with E-state index in [-0.39, 0.29) is 17.5 Å². The molecule has 0 unspecified atom stereocenters. The van der Waals surface area contributed by atoms with Gasteiger partial charge in [0.15, 0.2) is 0 Å². The average Bonchev–Trinajstić information content (AvgIpc) is 2.83. The molecule has 0 aromatic heterocycles. The molecular formula is C24H26N2O5S. The molecule has 3 aromatic rings. The minimum absolute atomic E-state index is 0.0985. The van der Waals surface area contributed by atoms with E-state index in [1.807, 2.05) is 31.2 Å². The van der Waals surface area contributed by atoms with Crippen molar-refractivity contribution >= 4 is 21.6 Å². The predicted octanol–water partition coefficient (Wildman–Crippen LogP) is 3.78. The molecule has 0 aliphatic carbocycles. The van der Waals surface area contributed by atoms with Crippen LogP contribution in [0.5, 0.6) is 11.5 Å². The number of sulfonamides is 1. The third-order valence-electron chi connectivity index (χ3n) is 4.96. The van der Waals surface area contributed by atoms with Crippen LogP contribution in [0.4, 0.5) is 5.69 Å². The van der Waals surface area contributed by atoms with Crippen LogP contribution in [0.25, 0.3) is 0 Å². The minimum Gasteiger partial charge on any atom is -0.497 e. The highest BCUT2D eigenvalue weighted by Crippen LogP contribution is 2.27. The highest BCUT2D eigenvalue weighted by atomic mass is 32.2. The van der Waals surface area contributed by atoms with Gasteiger partial charge in [-0.2, -0.15) is 0 Å². The zero-order chi connectivity index (χ0) is 23.1. The lowest BCUT2D eigenvalue weighted by Gasteiger charge is -2.25. The molecule has 0 saturated carbocycles. The number of anilines is 1. The second-order valence-electron chi connectivity index (χ2n) is 7.05. The fourth-order valence-corrected chi connectivity index (χ4v) is 4.74. The SMILES string of the molecule is COc1ccc(N(CC(=O)N[C@H](C)c2ccccc2OC)S(=O)(=O)c2ccccc2)cc1. The van der Waals surface area contributed by atoms with Crippen molar-refractivity contribution in [2.24, 2.45) is 0 Å². The fourth-order valence-electron chi connectivity index (χ4n) is 3.30. The number of nitrogens with one attached hydrogen (secondary N) is 1. The van der Waals surface area contributed by atoms with Crippen molar-refractivity contribution in [2.75, 3.05) is 25.1 Å². The van der Waals surface area contributed by atoms with Gasteiger partial charge in [-0.1, -0.05) is 36.4 Å². The van der Waals surface area contributed by atoms with Gasteiger partial charge in [0, 0.05) is 5.56 Å². The molecule has 32 heavy (non-hydrogen) atoms. The summed E-state index contributed by atoms with van der Waals surface area (Å²) < 4.78 is 38.4. The summed E-state index contributed by atoms with van der Waals surface area (Å²) in [6.07, 6.45) is 0. The number of ether oxygens (including phenoxy) is 2. The average molecular weight is 455 g/mol. The second-order valence-corrected chi connectivity index (χ2v) is 8.92. The quantitative estimate of drug-likeness (QED) is 0.532. The first kappa shape index (κ1) is 23.1. The summed E-state index contributed by atoms with van der Waals surface area (Å²) in [7, 11) is -0.886. The lowest BCUT2D eigenvalue weighted by Crippen LogP contribution is -2.41. The van der Waals surface area contributed by atoms with Gasteiger partial charge in [0.2, 0.25) is 5.91 Å². The topological polar surface area (TPSA) is 84.9 Å². The number of amides is 1. The molecule has 1 atom stereocenters. The molecule has 0 aliphatic heterocycles. The van der Waals surface area contributed by atoms with Gasteiger partial charge in [-0.25, -0.2) is 8.42 Å². The molecule has 7 nitrogen and oxygen atoms in total. The number of nitrogens with zero attached hydrogens (tertiary/aromatic N) is 1. The van der Waals surface area contributed by atoms with Gasteiger partial charge in [0.25, 0.3) is 10.0 Å². The Morgan fingerprint density at radius 1 is 0.906 bits per heavy atom. The number of carbonyl (C=O) groups is 1. The third-order valence-corrected chi connectivity index (χ3v) is 6.75. The molecule has 0 aliphatic rings. The van der Waals surface area contributed by atoms with Crippen LogP contribution < -0.4 is 19.1 Å². The Labute approximate surface area is 188 Å². The van der Waals surface area contributed by atoms with Gasteiger partial charge < -0.3 is 14.8 Å². The van der Waals surface area contributed by atoms with Gasteiger partial charge in [0.1, 0.15) is 18.0 Å². The van der Waals surface area contributed by atoms with Crippen LogP contribution >= 0.6 is 0 Å². The van der Waals surface area contributed by atoms with E-state index in [0.717, 1.165) is 9.87 Å². The maximum atomic E-state index is 13.4. The number of hydrogen-bond donors (Lipinski definition) is 1. The number of para-hydroxylation sites is 1. The highest BCUT2D eigenvalue weighted by molar-refractivity contribution is 7.92. The Hall–Kier alpha value is -3.52. The Balaban J connectivity index is 1.89.